The van der Waals surface area contributed by atoms with Gasteiger partial charge in [-0.2, -0.15) is 0 Å². The molecule has 2 aliphatic rings. The van der Waals surface area contributed by atoms with E-state index in [1.165, 1.54) is 0 Å². The summed E-state index contributed by atoms with van der Waals surface area (Å²) in [6.07, 6.45) is 3.80. The van der Waals surface area contributed by atoms with Gasteiger partial charge in [0, 0.05) is 29.8 Å². The molecule has 1 fully saturated rings. The van der Waals surface area contributed by atoms with Crippen LogP contribution in [0.2, 0.25) is 5.02 Å². The van der Waals surface area contributed by atoms with Gasteiger partial charge >= 0.3 is 5.97 Å². The lowest BCUT2D eigenvalue weighted by atomic mass is 9.81. The largest absolute Gasteiger partial charge is 0.466 e. The Morgan fingerprint density at radius 3 is 3.09 bits per heavy atom. The Bertz CT molecular complexity index is 580. The first-order chi connectivity index (χ1) is 11.2. The quantitative estimate of drug-likeness (QED) is 0.788. The number of carbonyl (C=O) groups is 1. The molecule has 3 heterocycles. The smallest absolute Gasteiger partial charge is 0.306 e. The van der Waals surface area contributed by atoms with Crippen molar-refractivity contribution in [3.63, 3.8) is 0 Å². The van der Waals surface area contributed by atoms with Gasteiger partial charge in [-0.25, -0.2) is 0 Å². The van der Waals surface area contributed by atoms with Gasteiger partial charge in [-0.1, -0.05) is 17.2 Å². The standard InChI is InChI=1S/C15H20ClN3O3S/c1-2-21-13(20)7-10-8-17-9-11(15-12(16)3-6-23-15)14(10)19-4-5-22-18-19/h3-6,10-11,14,17-18H,2,7-9H2,1H3. The van der Waals surface area contributed by atoms with Crippen LogP contribution in [0.3, 0.4) is 0 Å². The molecule has 23 heavy (non-hydrogen) atoms. The van der Waals surface area contributed by atoms with Crippen LogP contribution in [0.15, 0.2) is 23.9 Å². The molecule has 0 radical (unpaired) electrons. The van der Waals surface area contributed by atoms with Crippen LogP contribution in [0.25, 0.3) is 0 Å². The molecule has 0 saturated carbocycles. The third-order valence-electron chi connectivity index (χ3n) is 4.15. The molecule has 0 spiro atoms. The molecule has 2 aliphatic heterocycles. The van der Waals surface area contributed by atoms with E-state index in [-0.39, 0.29) is 23.8 Å². The summed E-state index contributed by atoms with van der Waals surface area (Å²) in [5, 5.41) is 8.11. The molecular formula is C15H20ClN3O3S. The highest BCUT2D eigenvalue weighted by Crippen LogP contribution is 2.39. The second-order valence-corrected chi connectivity index (χ2v) is 6.91. The third kappa shape index (κ3) is 3.63. The number of nitrogens with zero attached hydrogens (tertiary/aromatic N) is 1. The normalized spacial score (nSPS) is 27.0. The van der Waals surface area contributed by atoms with Gasteiger partial charge in [0.1, 0.15) is 6.26 Å². The highest BCUT2D eigenvalue weighted by Gasteiger charge is 2.41. The Balaban J connectivity index is 1.84. The summed E-state index contributed by atoms with van der Waals surface area (Å²) in [6, 6.07) is 1.97. The first kappa shape index (κ1) is 16.6. The number of halogens is 1. The molecule has 8 heteroatoms. The summed E-state index contributed by atoms with van der Waals surface area (Å²) in [5.41, 5.74) is 2.88. The minimum atomic E-state index is -0.175. The zero-order chi connectivity index (χ0) is 16.2. The first-order valence-corrected chi connectivity index (χ1v) is 8.92. The molecule has 0 aliphatic carbocycles. The predicted octanol–water partition coefficient (Wildman–Crippen LogP) is 2.25. The Hall–Kier alpha value is -1.28. The van der Waals surface area contributed by atoms with Crippen LogP contribution in [0, 0.1) is 5.92 Å². The molecule has 1 aromatic heterocycles. The highest BCUT2D eigenvalue weighted by molar-refractivity contribution is 7.10. The molecule has 3 unspecified atom stereocenters. The van der Waals surface area contributed by atoms with Gasteiger partial charge in [0.25, 0.3) is 0 Å². The Morgan fingerprint density at radius 2 is 2.43 bits per heavy atom. The topological polar surface area (TPSA) is 62.8 Å². The van der Waals surface area contributed by atoms with Crippen molar-refractivity contribution in [2.75, 3.05) is 19.7 Å². The molecule has 3 atom stereocenters. The van der Waals surface area contributed by atoms with Crippen LogP contribution in [-0.2, 0) is 14.4 Å². The maximum Gasteiger partial charge on any atom is 0.306 e. The van der Waals surface area contributed by atoms with Crippen molar-refractivity contribution < 1.29 is 14.4 Å². The van der Waals surface area contributed by atoms with Crippen molar-refractivity contribution >= 4 is 28.9 Å². The van der Waals surface area contributed by atoms with Crippen molar-refractivity contribution in [1.82, 2.24) is 15.9 Å². The van der Waals surface area contributed by atoms with Crippen molar-refractivity contribution in [2.45, 2.75) is 25.3 Å². The van der Waals surface area contributed by atoms with E-state index >= 15 is 0 Å². The number of carbonyl (C=O) groups excluding carboxylic acids is 1. The zero-order valence-electron chi connectivity index (χ0n) is 12.8. The van der Waals surface area contributed by atoms with Crippen molar-refractivity contribution in [2.24, 2.45) is 5.92 Å². The van der Waals surface area contributed by atoms with Gasteiger partial charge in [-0.15, -0.1) is 11.3 Å². The molecule has 1 aromatic rings. The summed E-state index contributed by atoms with van der Waals surface area (Å²) in [4.78, 5) is 18.2. The minimum absolute atomic E-state index is 0.0514. The van der Waals surface area contributed by atoms with Gasteiger partial charge in [0.2, 0.25) is 0 Å². The molecule has 0 bridgehead atoms. The second-order valence-electron chi connectivity index (χ2n) is 5.56. The van der Waals surface area contributed by atoms with Crippen molar-refractivity contribution in [1.29, 1.82) is 0 Å². The molecule has 126 valence electrons. The van der Waals surface area contributed by atoms with E-state index in [1.807, 2.05) is 29.6 Å². The monoisotopic (exact) mass is 357 g/mol. The number of rotatable bonds is 5. The maximum absolute atomic E-state index is 12.0. The van der Waals surface area contributed by atoms with E-state index in [0.29, 0.717) is 13.0 Å². The summed E-state index contributed by atoms with van der Waals surface area (Å²) in [6.45, 7) is 3.77. The van der Waals surface area contributed by atoms with Crippen LogP contribution < -0.4 is 10.9 Å². The highest BCUT2D eigenvalue weighted by atomic mass is 35.5. The summed E-state index contributed by atoms with van der Waals surface area (Å²) in [7, 11) is 0. The van der Waals surface area contributed by atoms with Gasteiger partial charge < -0.3 is 14.9 Å². The fraction of sp³-hybridized carbons (Fsp3) is 0.533. The summed E-state index contributed by atoms with van der Waals surface area (Å²) in [5.74, 6) is 0.0747. The van der Waals surface area contributed by atoms with Crippen molar-refractivity contribution in [3.8, 4) is 0 Å². The number of hydrogen-bond donors (Lipinski definition) is 2. The Kier molecular flexibility index (Phi) is 5.42. The van der Waals surface area contributed by atoms with Gasteiger partial charge in [0.15, 0.2) is 0 Å². The van der Waals surface area contributed by atoms with E-state index in [9.17, 15) is 4.79 Å². The lowest BCUT2D eigenvalue weighted by molar-refractivity contribution is -0.145. The van der Waals surface area contributed by atoms with Crippen LogP contribution in [0.4, 0.5) is 0 Å². The van der Waals surface area contributed by atoms with E-state index < -0.39 is 0 Å². The van der Waals surface area contributed by atoms with Gasteiger partial charge in [-0.05, 0) is 18.4 Å². The van der Waals surface area contributed by atoms with Crippen LogP contribution in [-0.4, -0.2) is 36.7 Å². The predicted molar refractivity (Wildman–Crippen MR) is 88.7 cm³/mol. The lowest BCUT2D eigenvalue weighted by Crippen LogP contribution is -2.55. The minimum Gasteiger partial charge on any atom is -0.466 e. The molecule has 3 rings (SSSR count). The number of piperidine rings is 1. The van der Waals surface area contributed by atoms with E-state index in [2.05, 4.69) is 10.9 Å². The fourth-order valence-corrected chi connectivity index (χ4v) is 4.58. The van der Waals surface area contributed by atoms with Gasteiger partial charge in [-0.3, -0.25) is 9.80 Å². The van der Waals surface area contributed by atoms with Crippen LogP contribution >= 0.6 is 22.9 Å². The summed E-state index contributed by atoms with van der Waals surface area (Å²) >= 11 is 7.99. The zero-order valence-corrected chi connectivity index (χ0v) is 14.4. The van der Waals surface area contributed by atoms with Gasteiger partial charge in [0.05, 0.1) is 30.3 Å². The fourth-order valence-electron chi connectivity index (χ4n) is 3.24. The van der Waals surface area contributed by atoms with E-state index in [4.69, 9.17) is 21.2 Å². The number of hydrazine groups is 1. The number of esters is 1. The molecule has 2 N–H and O–H groups in total. The third-order valence-corrected chi connectivity index (χ3v) is 5.64. The average molecular weight is 358 g/mol. The molecule has 0 amide bonds. The maximum atomic E-state index is 12.0. The summed E-state index contributed by atoms with van der Waals surface area (Å²) < 4.78 is 5.13. The molecule has 6 nitrogen and oxygen atoms in total. The molecule has 1 saturated heterocycles. The lowest BCUT2D eigenvalue weighted by Gasteiger charge is -2.42. The second kappa shape index (κ2) is 7.53. The Morgan fingerprint density at radius 1 is 1.57 bits per heavy atom. The average Bonchev–Trinajstić information content (AvgIpc) is 3.18. The Labute approximate surface area is 144 Å². The van der Waals surface area contributed by atoms with E-state index in [1.54, 1.807) is 17.6 Å². The van der Waals surface area contributed by atoms with Crippen molar-refractivity contribution in [3.05, 3.63) is 33.8 Å². The SMILES string of the molecule is CCOC(=O)CC1CNCC(c2sccc2Cl)C1N1C=CON1. The number of thiophene rings is 1. The molecular weight excluding hydrogens is 338 g/mol. The van der Waals surface area contributed by atoms with Crippen LogP contribution in [0.5, 0.6) is 0 Å². The first-order valence-electron chi connectivity index (χ1n) is 7.66. The molecule has 0 aromatic carbocycles. The number of nitrogens with one attached hydrogen (secondary N) is 2. The van der Waals surface area contributed by atoms with E-state index in [0.717, 1.165) is 23.0 Å². The number of hydrogen-bond acceptors (Lipinski definition) is 7. The van der Waals surface area contributed by atoms with Crippen LogP contribution in [0.1, 0.15) is 24.1 Å². The number of ether oxygens (including phenoxy) is 1.